The summed E-state index contributed by atoms with van der Waals surface area (Å²) >= 11 is 0. The lowest BCUT2D eigenvalue weighted by atomic mass is 9.65. The van der Waals surface area contributed by atoms with Crippen LogP contribution in [0.3, 0.4) is 0 Å². The molecule has 0 saturated heterocycles. The Morgan fingerprint density at radius 2 is 1.47 bits per heavy atom. The van der Waals surface area contributed by atoms with Gasteiger partial charge in [0, 0.05) is 12.8 Å². The first-order chi connectivity index (χ1) is 14.9. The van der Waals surface area contributed by atoms with Crippen molar-refractivity contribution in [3.63, 3.8) is 0 Å². The standard InChI is InChI=1S/C30H48/c1(2-4-8-14-25-15-9-6-7-10-16-25)3-5-11-19-30(27-21-22-27)29-23-20-26-17-12-13-18-28(26)24-29/h25-26,28-29H,1-6,8-9,11-24H2. The minimum absolute atomic E-state index is 0.914. The maximum atomic E-state index is 3.38. The van der Waals surface area contributed by atoms with Crippen molar-refractivity contribution in [2.24, 2.45) is 23.7 Å². The Morgan fingerprint density at radius 3 is 2.30 bits per heavy atom. The van der Waals surface area contributed by atoms with E-state index in [2.05, 4.69) is 11.8 Å². The molecule has 0 aromatic rings. The predicted octanol–water partition coefficient (Wildman–Crippen LogP) is 9.39. The second-order valence-electron chi connectivity index (χ2n) is 11.3. The molecule has 168 valence electrons. The molecule has 0 spiro atoms. The lowest BCUT2D eigenvalue weighted by Gasteiger charge is -2.40. The smallest absolute Gasteiger partial charge is 0.0117 e. The lowest BCUT2D eigenvalue weighted by Crippen LogP contribution is -2.28. The molecular formula is C30H48. The van der Waals surface area contributed by atoms with Gasteiger partial charge in [-0.05, 0) is 87.9 Å². The van der Waals surface area contributed by atoms with Crippen LogP contribution in [0.5, 0.6) is 0 Å². The van der Waals surface area contributed by atoms with Crippen molar-refractivity contribution in [2.75, 3.05) is 0 Å². The van der Waals surface area contributed by atoms with E-state index >= 15 is 0 Å². The Hall–Kier alpha value is -0.700. The average Bonchev–Trinajstić information content (AvgIpc) is 3.63. The summed E-state index contributed by atoms with van der Waals surface area (Å²) in [6.45, 7) is 0. The van der Waals surface area contributed by atoms with Crippen LogP contribution < -0.4 is 0 Å². The van der Waals surface area contributed by atoms with Gasteiger partial charge in [-0.15, -0.1) is 11.8 Å². The summed E-state index contributed by atoms with van der Waals surface area (Å²) in [6, 6.07) is 0. The topological polar surface area (TPSA) is 0 Å². The van der Waals surface area contributed by atoms with Gasteiger partial charge in [0.1, 0.15) is 0 Å². The molecule has 3 fully saturated rings. The summed E-state index contributed by atoms with van der Waals surface area (Å²) in [5.41, 5.74) is 3.88. The van der Waals surface area contributed by atoms with E-state index in [-0.39, 0.29) is 0 Å². The molecule has 0 heterocycles. The molecule has 0 aromatic heterocycles. The largest absolute Gasteiger partial charge is 0.103 e. The number of hydrogen-bond acceptors (Lipinski definition) is 0. The summed E-state index contributed by atoms with van der Waals surface area (Å²) in [7, 11) is 0. The van der Waals surface area contributed by atoms with Gasteiger partial charge in [-0.3, -0.25) is 0 Å². The van der Waals surface area contributed by atoms with Crippen LogP contribution in [0.4, 0.5) is 0 Å². The fourth-order valence-corrected chi connectivity index (χ4v) is 7.01. The minimum Gasteiger partial charge on any atom is -0.103 e. The Bertz CT molecular complexity index is 593. The van der Waals surface area contributed by atoms with Crippen LogP contribution in [0.2, 0.25) is 0 Å². The zero-order valence-electron chi connectivity index (χ0n) is 19.9. The molecule has 30 heavy (non-hydrogen) atoms. The fourth-order valence-electron chi connectivity index (χ4n) is 7.01. The maximum Gasteiger partial charge on any atom is 0.0117 e. The van der Waals surface area contributed by atoms with Crippen LogP contribution in [-0.2, 0) is 0 Å². The van der Waals surface area contributed by atoms with Crippen molar-refractivity contribution < 1.29 is 0 Å². The third-order valence-electron chi connectivity index (χ3n) is 8.97. The predicted molar refractivity (Wildman–Crippen MR) is 130 cm³/mol. The second kappa shape index (κ2) is 12.4. The van der Waals surface area contributed by atoms with Crippen LogP contribution >= 0.6 is 0 Å². The van der Waals surface area contributed by atoms with Crippen molar-refractivity contribution in [3.05, 3.63) is 11.1 Å². The van der Waals surface area contributed by atoms with E-state index in [1.165, 1.54) is 109 Å². The molecule has 4 unspecified atom stereocenters. The zero-order chi connectivity index (χ0) is 20.4. The normalized spacial score (nSPS) is 30.7. The van der Waals surface area contributed by atoms with Gasteiger partial charge < -0.3 is 0 Å². The van der Waals surface area contributed by atoms with E-state index in [0.717, 1.165) is 30.1 Å². The minimum atomic E-state index is 0.914. The third-order valence-corrected chi connectivity index (χ3v) is 8.97. The molecule has 0 aliphatic heterocycles. The summed E-state index contributed by atoms with van der Waals surface area (Å²) in [4.78, 5) is 0. The molecule has 0 heteroatoms. The van der Waals surface area contributed by atoms with Crippen molar-refractivity contribution in [2.45, 2.75) is 141 Å². The molecule has 0 radical (unpaired) electrons. The first-order valence-corrected chi connectivity index (χ1v) is 14.1. The highest BCUT2D eigenvalue weighted by molar-refractivity contribution is 5.27. The first kappa shape index (κ1) is 22.5. The first-order valence-electron chi connectivity index (χ1n) is 14.1. The van der Waals surface area contributed by atoms with Gasteiger partial charge in [0.2, 0.25) is 0 Å². The molecule has 0 bridgehead atoms. The number of unbranched alkanes of at least 4 members (excludes halogenated alkanes) is 6. The maximum absolute atomic E-state index is 3.38. The quantitative estimate of drug-likeness (QED) is 0.181. The Balaban J connectivity index is 1.05. The van der Waals surface area contributed by atoms with Gasteiger partial charge in [0.05, 0.1) is 0 Å². The number of hydrogen-bond donors (Lipinski definition) is 0. The van der Waals surface area contributed by atoms with Gasteiger partial charge in [-0.2, -0.15) is 0 Å². The van der Waals surface area contributed by atoms with Crippen molar-refractivity contribution in [3.8, 4) is 11.8 Å². The van der Waals surface area contributed by atoms with Crippen LogP contribution in [0.1, 0.15) is 141 Å². The van der Waals surface area contributed by atoms with Crippen LogP contribution in [-0.4, -0.2) is 0 Å². The lowest BCUT2D eigenvalue weighted by molar-refractivity contribution is 0.141. The average molecular weight is 409 g/mol. The van der Waals surface area contributed by atoms with Gasteiger partial charge in [-0.1, -0.05) is 75.4 Å². The molecule has 0 nitrogen and oxygen atoms in total. The highest BCUT2D eigenvalue weighted by Gasteiger charge is 2.35. The molecule has 4 aliphatic carbocycles. The molecule has 0 aromatic carbocycles. The zero-order valence-corrected chi connectivity index (χ0v) is 19.9. The van der Waals surface area contributed by atoms with Crippen molar-refractivity contribution in [1.82, 2.24) is 0 Å². The highest BCUT2D eigenvalue weighted by atomic mass is 14.4. The third kappa shape index (κ3) is 7.18. The number of fused-ring (bicyclic) bond motifs is 1. The monoisotopic (exact) mass is 408 g/mol. The molecule has 4 aliphatic rings. The molecule has 4 atom stereocenters. The van der Waals surface area contributed by atoms with Crippen LogP contribution in [0, 0.1) is 35.5 Å². The van der Waals surface area contributed by atoms with Crippen molar-refractivity contribution >= 4 is 0 Å². The second-order valence-corrected chi connectivity index (χ2v) is 11.3. The number of allylic oxidation sites excluding steroid dienone is 2. The Kier molecular flexibility index (Phi) is 9.27. The highest BCUT2D eigenvalue weighted by Crippen LogP contribution is 2.48. The molecular weight excluding hydrogens is 360 g/mol. The molecule has 0 amide bonds. The summed E-state index contributed by atoms with van der Waals surface area (Å²) in [5.74, 6) is 10.8. The van der Waals surface area contributed by atoms with Crippen LogP contribution in [0.25, 0.3) is 0 Å². The van der Waals surface area contributed by atoms with E-state index < -0.39 is 0 Å². The Labute approximate surface area is 188 Å². The SMILES string of the molecule is C1#CCC(CCCCCCCCCC(=C2CC2)C2CCC3CCCCC3C2)CCC1. The van der Waals surface area contributed by atoms with Gasteiger partial charge in [0.15, 0.2) is 0 Å². The van der Waals surface area contributed by atoms with Crippen molar-refractivity contribution in [1.29, 1.82) is 0 Å². The van der Waals surface area contributed by atoms with Gasteiger partial charge >= 0.3 is 0 Å². The Morgan fingerprint density at radius 1 is 0.700 bits per heavy atom. The molecule has 4 rings (SSSR count). The molecule has 0 N–H and O–H groups in total. The molecule has 3 saturated carbocycles. The van der Waals surface area contributed by atoms with E-state index in [9.17, 15) is 0 Å². The van der Waals surface area contributed by atoms with E-state index in [4.69, 9.17) is 0 Å². The van der Waals surface area contributed by atoms with Crippen LogP contribution in [0.15, 0.2) is 11.1 Å². The summed E-state index contributed by atoms with van der Waals surface area (Å²) in [5, 5.41) is 0. The number of rotatable bonds is 11. The van der Waals surface area contributed by atoms with E-state index in [1.807, 2.05) is 11.1 Å². The fraction of sp³-hybridized carbons (Fsp3) is 0.867. The summed E-state index contributed by atoms with van der Waals surface area (Å²) in [6.07, 6.45) is 32.0. The van der Waals surface area contributed by atoms with E-state index in [0.29, 0.717) is 0 Å². The summed E-state index contributed by atoms with van der Waals surface area (Å²) < 4.78 is 0. The van der Waals surface area contributed by atoms with Gasteiger partial charge in [-0.25, -0.2) is 0 Å². The van der Waals surface area contributed by atoms with Gasteiger partial charge in [0.25, 0.3) is 0 Å². The van der Waals surface area contributed by atoms with E-state index in [1.54, 1.807) is 25.7 Å².